The van der Waals surface area contributed by atoms with Crippen LogP contribution in [0.4, 0.5) is 11.4 Å². The van der Waals surface area contributed by atoms with Gasteiger partial charge in [0, 0.05) is 36.9 Å². The van der Waals surface area contributed by atoms with Gasteiger partial charge in [-0.3, -0.25) is 9.59 Å². The molecule has 9 nitrogen and oxygen atoms in total. The summed E-state index contributed by atoms with van der Waals surface area (Å²) in [5.41, 5.74) is 1.29. The third kappa shape index (κ3) is 5.60. The van der Waals surface area contributed by atoms with E-state index in [4.69, 9.17) is 9.15 Å². The molecule has 3 unspecified atom stereocenters. The summed E-state index contributed by atoms with van der Waals surface area (Å²) in [5, 5.41) is 2.36. The fourth-order valence-corrected chi connectivity index (χ4v) is 7.11. The van der Waals surface area contributed by atoms with Gasteiger partial charge in [0.1, 0.15) is 0 Å². The molecule has 0 radical (unpaired) electrons. The van der Waals surface area contributed by atoms with Crippen molar-refractivity contribution in [1.29, 1.82) is 0 Å². The van der Waals surface area contributed by atoms with E-state index in [1.807, 2.05) is 13.8 Å². The molecule has 2 heterocycles. The molecular formula is C25H33N3O6S. The first kappa shape index (κ1) is 25.4. The molecule has 2 aliphatic rings. The van der Waals surface area contributed by atoms with Crippen LogP contribution in [0.3, 0.4) is 0 Å². The topological polar surface area (TPSA) is 109 Å². The first-order chi connectivity index (χ1) is 16.8. The van der Waals surface area contributed by atoms with Crippen molar-refractivity contribution in [3.8, 4) is 0 Å². The molecule has 1 aromatic heterocycles. The van der Waals surface area contributed by atoms with Gasteiger partial charge in [-0.15, -0.1) is 0 Å². The lowest BCUT2D eigenvalue weighted by molar-refractivity contribution is -0.120. The predicted molar refractivity (Wildman–Crippen MR) is 133 cm³/mol. The zero-order valence-corrected chi connectivity index (χ0v) is 21.0. The number of amides is 2. The Bertz CT molecular complexity index is 1110. The maximum Gasteiger partial charge on any atom is 0.293 e. The van der Waals surface area contributed by atoms with Crippen LogP contribution in [-0.2, 0) is 19.6 Å². The van der Waals surface area contributed by atoms with E-state index < -0.39 is 15.3 Å². The highest BCUT2D eigenvalue weighted by atomic mass is 32.2. The lowest BCUT2D eigenvalue weighted by Gasteiger charge is -2.37. The minimum Gasteiger partial charge on any atom is -0.459 e. The molecule has 2 aromatic rings. The van der Waals surface area contributed by atoms with Crippen LogP contribution in [0.15, 0.2) is 47.1 Å². The fraction of sp³-hybridized carbons (Fsp3) is 0.520. The van der Waals surface area contributed by atoms with Gasteiger partial charge < -0.3 is 19.4 Å². The smallest absolute Gasteiger partial charge is 0.293 e. The Balaban J connectivity index is 1.40. The molecule has 2 amide bonds. The number of rotatable bonds is 7. The van der Waals surface area contributed by atoms with Crippen molar-refractivity contribution in [2.75, 3.05) is 43.1 Å². The van der Waals surface area contributed by atoms with E-state index in [1.165, 1.54) is 10.6 Å². The van der Waals surface area contributed by atoms with E-state index in [2.05, 4.69) is 5.32 Å². The lowest BCUT2D eigenvalue weighted by Crippen LogP contribution is -2.49. The monoisotopic (exact) mass is 503 g/mol. The van der Waals surface area contributed by atoms with Gasteiger partial charge in [-0.25, -0.2) is 8.42 Å². The van der Waals surface area contributed by atoms with Gasteiger partial charge in [-0.05, 0) is 68.5 Å². The molecule has 3 atom stereocenters. The Hall–Kier alpha value is -2.69. The first-order valence-corrected chi connectivity index (χ1v) is 13.6. The Morgan fingerprint density at radius 3 is 2.46 bits per heavy atom. The number of anilines is 2. The summed E-state index contributed by atoms with van der Waals surface area (Å²) >= 11 is 0. The largest absolute Gasteiger partial charge is 0.459 e. The maximum absolute atomic E-state index is 13.2. The standard InChI is InChI=1S/C25H33N3O6S/c1-3-28(25(30)22-5-4-14-34-22)21-10-8-20(9-11-21)26-24(29)19-7-6-18(2)23(17-19)35(31,32)27-12-15-33-16-13-27/h4-5,8-11,14,18-19,23H,3,6-7,12-13,15-17H2,1-2H3,(H,26,29). The summed E-state index contributed by atoms with van der Waals surface area (Å²) in [4.78, 5) is 27.3. The second-order valence-corrected chi connectivity index (χ2v) is 11.3. The molecular weight excluding hydrogens is 470 g/mol. The van der Waals surface area contributed by atoms with Crippen molar-refractivity contribution < 1.29 is 27.2 Å². The number of nitrogens with zero attached hydrogens (tertiary/aromatic N) is 2. The minimum atomic E-state index is -3.49. The summed E-state index contributed by atoms with van der Waals surface area (Å²) in [5.74, 6) is -0.529. The molecule has 1 saturated heterocycles. The van der Waals surface area contributed by atoms with Crippen molar-refractivity contribution in [2.24, 2.45) is 11.8 Å². The molecule has 10 heteroatoms. The van der Waals surface area contributed by atoms with Gasteiger partial charge in [0.25, 0.3) is 5.91 Å². The van der Waals surface area contributed by atoms with Gasteiger partial charge in [0.05, 0.1) is 24.7 Å². The van der Waals surface area contributed by atoms with Gasteiger partial charge in [-0.2, -0.15) is 4.31 Å². The summed E-state index contributed by atoms with van der Waals surface area (Å²) in [6, 6.07) is 10.3. The molecule has 1 aliphatic heterocycles. The highest BCUT2D eigenvalue weighted by molar-refractivity contribution is 7.89. The highest BCUT2D eigenvalue weighted by Crippen LogP contribution is 2.35. The number of furan rings is 1. The molecule has 2 fully saturated rings. The van der Waals surface area contributed by atoms with Crippen LogP contribution < -0.4 is 10.2 Å². The first-order valence-electron chi connectivity index (χ1n) is 12.1. The van der Waals surface area contributed by atoms with Crippen molar-refractivity contribution in [1.82, 2.24) is 4.31 Å². The van der Waals surface area contributed by atoms with Crippen molar-refractivity contribution in [2.45, 2.75) is 38.4 Å². The number of ether oxygens (including phenoxy) is 1. The number of benzene rings is 1. The Kier molecular flexibility index (Phi) is 7.93. The van der Waals surface area contributed by atoms with E-state index in [9.17, 15) is 18.0 Å². The molecule has 4 rings (SSSR count). The van der Waals surface area contributed by atoms with Gasteiger partial charge in [-0.1, -0.05) is 6.92 Å². The molecule has 0 spiro atoms. The average Bonchev–Trinajstić information content (AvgIpc) is 3.41. The Morgan fingerprint density at radius 2 is 1.83 bits per heavy atom. The van der Waals surface area contributed by atoms with Crippen LogP contribution in [0, 0.1) is 11.8 Å². The van der Waals surface area contributed by atoms with Crippen LogP contribution >= 0.6 is 0 Å². The van der Waals surface area contributed by atoms with E-state index in [0.29, 0.717) is 63.5 Å². The van der Waals surface area contributed by atoms with Gasteiger partial charge >= 0.3 is 0 Å². The fourth-order valence-electron chi connectivity index (χ4n) is 4.87. The molecule has 1 N–H and O–H groups in total. The number of morpholine rings is 1. The van der Waals surface area contributed by atoms with Gasteiger partial charge in [0.2, 0.25) is 15.9 Å². The number of carbonyl (C=O) groups is 2. The predicted octanol–water partition coefficient (Wildman–Crippen LogP) is 3.35. The van der Waals surface area contributed by atoms with Crippen LogP contribution in [0.1, 0.15) is 43.7 Å². The Morgan fingerprint density at radius 1 is 1.11 bits per heavy atom. The van der Waals surface area contributed by atoms with Crippen molar-refractivity contribution >= 4 is 33.2 Å². The van der Waals surface area contributed by atoms with Crippen molar-refractivity contribution in [3.05, 3.63) is 48.4 Å². The second-order valence-electron chi connectivity index (χ2n) is 9.14. The third-order valence-corrected chi connectivity index (χ3v) is 9.45. The van der Waals surface area contributed by atoms with Gasteiger partial charge in [0.15, 0.2) is 5.76 Å². The SMILES string of the molecule is CCN(C(=O)c1ccco1)c1ccc(NC(=O)C2CCC(C)C(S(=O)(=O)N3CCOCC3)C2)cc1. The van der Waals surface area contributed by atoms with E-state index >= 15 is 0 Å². The van der Waals surface area contributed by atoms with Crippen LogP contribution in [0.25, 0.3) is 0 Å². The maximum atomic E-state index is 13.2. The molecule has 35 heavy (non-hydrogen) atoms. The molecule has 1 aromatic carbocycles. The van der Waals surface area contributed by atoms with Crippen LogP contribution in [0.5, 0.6) is 0 Å². The van der Waals surface area contributed by atoms with Crippen molar-refractivity contribution in [3.63, 3.8) is 0 Å². The molecule has 1 saturated carbocycles. The quantitative estimate of drug-likeness (QED) is 0.621. The zero-order valence-electron chi connectivity index (χ0n) is 20.2. The number of carbonyl (C=O) groups excluding carboxylic acids is 2. The zero-order chi connectivity index (χ0) is 25.0. The van der Waals surface area contributed by atoms with Crippen LogP contribution in [0.2, 0.25) is 0 Å². The number of nitrogens with one attached hydrogen (secondary N) is 1. The molecule has 0 bridgehead atoms. The Labute approximate surface area is 206 Å². The van der Waals surface area contributed by atoms with E-state index in [0.717, 1.165) is 0 Å². The van der Waals surface area contributed by atoms with Crippen LogP contribution in [-0.4, -0.2) is 62.6 Å². The molecule has 1 aliphatic carbocycles. The summed E-state index contributed by atoms with van der Waals surface area (Å²) < 4.78 is 38.5. The summed E-state index contributed by atoms with van der Waals surface area (Å²) in [7, 11) is -3.49. The highest BCUT2D eigenvalue weighted by Gasteiger charge is 2.42. The minimum absolute atomic E-state index is 0.00194. The third-order valence-electron chi connectivity index (χ3n) is 6.95. The normalized spacial score (nSPS) is 23.5. The average molecular weight is 504 g/mol. The molecule has 190 valence electrons. The number of hydrogen-bond acceptors (Lipinski definition) is 6. The summed E-state index contributed by atoms with van der Waals surface area (Å²) in [6.45, 7) is 5.84. The summed E-state index contributed by atoms with van der Waals surface area (Å²) in [6.07, 6.45) is 3.11. The van der Waals surface area contributed by atoms with E-state index in [-0.39, 0.29) is 29.4 Å². The van der Waals surface area contributed by atoms with E-state index in [1.54, 1.807) is 41.3 Å². The second kappa shape index (κ2) is 10.9. The number of hydrogen-bond donors (Lipinski definition) is 1. The lowest BCUT2D eigenvalue weighted by atomic mass is 9.82. The number of sulfonamides is 1.